The van der Waals surface area contributed by atoms with Crippen LogP contribution in [0.3, 0.4) is 0 Å². The second-order valence-electron chi connectivity index (χ2n) is 6.03. The minimum absolute atomic E-state index is 0.00279. The SMILES string of the molecule is CC(C)(C)OCCOc1cccc(C(=O)c2ccccc2)c1. The summed E-state index contributed by atoms with van der Waals surface area (Å²) in [5.74, 6) is 0.677. The van der Waals surface area contributed by atoms with Crippen molar-refractivity contribution in [3.05, 3.63) is 65.7 Å². The van der Waals surface area contributed by atoms with Gasteiger partial charge in [0.1, 0.15) is 12.4 Å². The van der Waals surface area contributed by atoms with Crippen molar-refractivity contribution in [3.63, 3.8) is 0 Å². The highest BCUT2D eigenvalue weighted by atomic mass is 16.5. The molecular weight excluding hydrogens is 276 g/mol. The van der Waals surface area contributed by atoms with E-state index in [1.165, 1.54) is 0 Å². The molecule has 0 saturated carbocycles. The minimum Gasteiger partial charge on any atom is -0.491 e. The molecule has 0 aromatic heterocycles. The lowest BCUT2D eigenvalue weighted by atomic mass is 10.0. The van der Waals surface area contributed by atoms with Gasteiger partial charge in [-0.1, -0.05) is 42.5 Å². The Labute approximate surface area is 131 Å². The molecule has 3 heteroatoms. The predicted octanol–water partition coefficient (Wildman–Crippen LogP) is 4.11. The van der Waals surface area contributed by atoms with Crippen LogP contribution in [-0.4, -0.2) is 24.6 Å². The van der Waals surface area contributed by atoms with E-state index in [4.69, 9.17) is 9.47 Å². The zero-order valence-corrected chi connectivity index (χ0v) is 13.3. The molecule has 0 saturated heterocycles. The summed E-state index contributed by atoms with van der Waals surface area (Å²) in [5.41, 5.74) is 1.13. The van der Waals surface area contributed by atoms with Gasteiger partial charge in [0.15, 0.2) is 5.78 Å². The fourth-order valence-corrected chi connectivity index (χ4v) is 1.99. The summed E-state index contributed by atoms with van der Waals surface area (Å²) < 4.78 is 11.3. The van der Waals surface area contributed by atoms with Crippen LogP contribution in [-0.2, 0) is 4.74 Å². The number of hydrogen-bond donors (Lipinski definition) is 0. The average molecular weight is 298 g/mol. The summed E-state index contributed by atoms with van der Waals surface area (Å²) >= 11 is 0. The van der Waals surface area contributed by atoms with Crippen LogP contribution in [0.1, 0.15) is 36.7 Å². The quantitative estimate of drug-likeness (QED) is 0.594. The first-order valence-corrected chi connectivity index (χ1v) is 7.42. The maximum Gasteiger partial charge on any atom is 0.193 e. The van der Waals surface area contributed by atoms with E-state index in [0.717, 1.165) is 0 Å². The van der Waals surface area contributed by atoms with Gasteiger partial charge in [0.05, 0.1) is 12.2 Å². The van der Waals surface area contributed by atoms with Crippen molar-refractivity contribution in [1.82, 2.24) is 0 Å². The molecule has 116 valence electrons. The maximum absolute atomic E-state index is 12.4. The third kappa shape index (κ3) is 5.01. The number of benzene rings is 2. The molecule has 2 aromatic carbocycles. The molecule has 3 nitrogen and oxygen atoms in total. The van der Waals surface area contributed by atoms with Gasteiger partial charge in [0.25, 0.3) is 0 Å². The van der Waals surface area contributed by atoms with E-state index >= 15 is 0 Å². The van der Waals surface area contributed by atoms with Gasteiger partial charge in [-0.25, -0.2) is 0 Å². The topological polar surface area (TPSA) is 35.5 Å². The third-order valence-electron chi connectivity index (χ3n) is 3.02. The monoisotopic (exact) mass is 298 g/mol. The van der Waals surface area contributed by atoms with E-state index in [-0.39, 0.29) is 11.4 Å². The third-order valence-corrected chi connectivity index (χ3v) is 3.02. The Morgan fingerprint density at radius 2 is 1.59 bits per heavy atom. The number of rotatable bonds is 6. The summed E-state index contributed by atoms with van der Waals surface area (Å²) in [5, 5.41) is 0. The first kappa shape index (κ1) is 16.2. The maximum atomic E-state index is 12.4. The van der Waals surface area contributed by atoms with Gasteiger partial charge in [-0.3, -0.25) is 4.79 Å². The number of ether oxygens (including phenoxy) is 2. The Morgan fingerprint density at radius 3 is 2.27 bits per heavy atom. The molecule has 2 rings (SSSR count). The van der Waals surface area contributed by atoms with Crippen LogP contribution in [0.2, 0.25) is 0 Å². The zero-order valence-electron chi connectivity index (χ0n) is 13.3. The Kier molecular flexibility index (Phi) is 5.34. The van der Waals surface area contributed by atoms with Gasteiger partial charge in [0.2, 0.25) is 0 Å². The average Bonchev–Trinajstić information content (AvgIpc) is 2.51. The molecule has 2 aromatic rings. The van der Waals surface area contributed by atoms with Crippen LogP contribution in [0.4, 0.5) is 0 Å². The van der Waals surface area contributed by atoms with E-state index in [9.17, 15) is 4.79 Å². The second kappa shape index (κ2) is 7.23. The largest absolute Gasteiger partial charge is 0.491 e. The van der Waals surface area contributed by atoms with Gasteiger partial charge in [-0.15, -0.1) is 0 Å². The number of ketones is 1. The fourth-order valence-electron chi connectivity index (χ4n) is 1.99. The van der Waals surface area contributed by atoms with Crippen LogP contribution in [0.5, 0.6) is 5.75 Å². The summed E-state index contributed by atoms with van der Waals surface area (Å²) in [4.78, 5) is 12.4. The molecular formula is C19H22O3. The molecule has 0 heterocycles. The molecule has 0 radical (unpaired) electrons. The molecule has 0 fully saturated rings. The van der Waals surface area contributed by atoms with E-state index in [0.29, 0.717) is 30.1 Å². The van der Waals surface area contributed by atoms with Crippen LogP contribution < -0.4 is 4.74 Å². The molecule has 0 bridgehead atoms. The second-order valence-corrected chi connectivity index (χ2v) is 6.03. The highest BCUT2D eigenvalue weighted by Gasteiger charge is 2.11. The van der Waals surface area contributed by atoms with Crippen LogP contribution in [0.15, 0.2) is 54.6 Å². The number of carbonyl (C=O) groups excluding carboxylic acids is 1. The Balaban J connectivity index is 1.97. The first-order valence-electron chi connectivity index (χ1n) is 7.42. The van der Waals surface area contributed by atoms with Crippen molar-refractivity contribution in [1.29, 1.82) is 0 Å². The molecule has 0 aliphatic rings. The molecule has 0 spiro atoms. The van der Waals surface area contributed by atoms with Crippen molar-refractivity contribution in [3.8, 4) is 5.75 Å². The van der Waals surface area contributed by atoms with E-state index < -0.39 is 0 Å². The normalized spacial score (nSPS) is 11.2. The van der Waals surface area contributed by atoms with E-state index in [1.54, 1.807) is 12.1 Å². The first-order chi connectivity index (χ1) is 10.5. The summed E-state index contributed by atoms with van der Waals surface area (Å²) in [7, 11) is 0. The highest BCUT2D eigenvalue weighted by molar-refractivity contribution is 6.09. The van der Waals surface area contributed by atoms with Gasteiger partial charge in [0, 0.05) is 11.1 Å². The molecule has 0 aliphatic heterocycles. The Bertz CT molecular complexity index is 612. The molecule has 0 atom stereocenters. The van der Waals surface area contributed by atoms with Crippen molar-refractivity contribution < 1.29 is 14.3 Å². The molecule has 0 N–H and O–H groups in total. The van der Waals surface area contributed by atoms with E-state index in [1.807, 2.05) is 63.2 Å². The summed E-state index contributed by atoms with van der Waals surface area (Å²) in [6, 6.07) is 16.5. The minimum atomic E-state index is -0.172. The van der Waals surface area contributed by atoms with Crippen LogP contribution >= 0.6 is 0 Å². The van der Waals surface area contributed by atoms with Gasteiger partial charge in [-0.05, 0) is 32.9 Å². The van der Waals surface area contributed by atoms with Crippen LogP contribution in [0.25, 0.3) is 0 Å². The lowest BCUT2D eigenvalue weighted by Crippen LogP contribution is -2.22. The smallest absolute Gasteiger partial charge is 0.193 e. The number of hydrogen-bond acceptors (Lipinski definition) is 3. The van der Waals surface area contributed by atoms with Gasteiger partial charge >= 0.3 is 0 Å². The van der Waals surface area contributed by atoms with E-state index in [2.05, 4.69) is 0 Å². The number of carbonyl (C=O) groups is 1. The Hall–Kier alpha value is -2.13. The molecule has 0 amide bonds. The molecule has 0 unspecified atom stereocenters. The highest BCUT2D eigenvalue weighted by Crippen LogP contribution is 2.17. The molecule has 0 aliphatic carbocycles. The predicted molar refractivity (Wildman–Crippen MR) is 87.5 cm³/mol. The lowest BCUT2D eigenvalue weighted by molar-refractivity contribution is -0.0163. The van der Waals surface area contributed by atoms with Crippen molar-refractivity contribution in [2.45, 2.75) is 26.4 Å². The summed E-state index contributed by atoms with van der Waals surface area (Å²) in [6.07, 6.45) is 0. The van der Waals surface area contributed by atoms with Crippen molar-refractivity contribution in [2.24, 2.45) is 0 Å². The molecule has 22 heavy (non-hydrogen) atoms. The van der Waals surface area contributed by atoms with Gasteiger partial charge < -0.3 is 9.47 Å². The standard InChI is InChI=1S/C19H22O3/c1-19(2,3)22-13-12-21-17-11-7-10-16(14-17)18(20)15-8-5-4-6-9-15/h4-11,14H,12-13H2,1-3H3. The van der Waals surface area contributed by atoms with Crippen molar-refractivity contribution >= 4 is 5.78 Å². The lowest BCUT2D eigenvalue weighted by Gasteiger charge is -2.19. The van der Waals surface area contributed by atoms with Crippen molar-refractivity contribution in [2.75, 3.05) is 13.2 Å². The van der Waals surface area contributed by atoms with Gasteiger partial charge in [-0.2, -0.15) is 0 Å². The fraction of sp³-hybridized carbons (Fsp3) is 0.316. The van der Waals surface area contributed by atoms with Crippen LogP contribution in [0, 0.1) is 0 Å². The Morgan fingerprint density at radius 1 is 0.909 bits per heavy atom. The zero-order chi connectivity index (χ0) is 16.0. The summed E-state index contributed by atoms with van der Waals surface area (Å²) in [6.45, 7) is 6.99.